The van der Waals surface area contributed by atoms with Gasteiger partial charge in [0, 0.05) is 5.92 Å². The number of nitrogens with zero attached hydrogens (tertiary/aromatic N) is 2. The van der Waals surface area contributed by atoms with E-state index in [1.54, 1.807) is 0 Å². The summed E-state index contributed by atoms with van der Waals surface area (Å²) in [4.78, 5) is 13.0. The molecule has 0 saturated carbocycles. The van der Waals surface area contributed by atoms with Gasteiger partial charge < -0.3 is 0 Å². The molecule has 2 aromatic rings. The molecule has 2 aromatic carbocycles. The number of unbranched alkanes of at least 4 members (excludes halogenated alkanes) is 1. The van der Waals surface area contributed by atoms with Crippen LogP contribution in [0, 0.1) is 5.92 Å². The van der Waals surface area contributed by atoms with E-state index >= 15 is 0 Å². The molecule has 26 heavy (non-hydrogen) atoms. The van der Waals surface area contributed by atoms with E-state index < -0.39 is 5.54 Å². The van der Waals surface area contributed by atoms with Gasteiger partial charge in [-0.1, -0.05) is 68.3 Å². The van der Waals surface area contributed by atoms with Crippen LogP contribution in [-0.2, 0) is 4.79 Å². The molecular formula is C21H24IN3O. The normalized spacial score (nSPS) is 22.2. The van der Waals surface area contributed by atoms with Gasteiger partial charge >= 0.3 is 0 Å². The number of nitrogens with one attached hydrogen (secondary N) is 1. The average Bonchev–Trinajstić information content (AvgIpc) is 3.00. The number of para-hydroxylation sites is 1. The van der Waals surface area contributed by atoms with Gasteiger partial charge in [-0.2, -0.15) is 5.10 Å². The molecule has 1 N–H and O–H groups in total. The molecule has 1 amide bonds. The van der Waals surface area contributed by atoms with E-state index in [9.17, 15) is 4.79 Å². The van der Waals surface area contributed by atoms with E-state index in [4.69, 9.17) is 5.10 Å². The van der Waals surface area contributed by atoms with Crippen LogP contribution in [0.25, 0.3) is 0 Å². The van der Waals surface area contributed by atoms with Gasteiger partial charge in [-0.15, -0.1) is 0 Å². The Labute approximate surface area is 169 Å². The summed E-state index contributed by atoms with van der Waals surface area (Å²) in [6.45, 7) is 4.19. The van der Waals surface area contributed by atoms with E-state index in [2.05, 4.69) is 22.6 Å². The number of anilines is 1. The van der Waals surface area contributed by atoms with Crippen molar-refractivity contribution in [2.75, 3.05) is 5.01 Å². The summed E-state index contributed by atoms with van der Waals surface area (Å²) >= 11 is 1.93. The topological polar surface area (TPSA) is 44.7 Å². The summed E-state index contributed by atoms with van der Waals surface area (Å²) in [5.41, 5.74) is 2.25. The van der Waals surface area contributed by atoms with Crippen LogP contribution in [-0.4, -0.2) is 17.2 Å². The van der Waals surface area contributed by atoms with Crippen molar-refractivity contribution in [3.63, 3.8) is 0 Å². The molecule has 4 nitrogen and oxygen atoms in total. The highest BCUT2D eigenvalue weighted by molar-refractivity contribution is 14.1. The molecule has 1 heterocycles. The SMILES string of the molecule is CCCCC1C(c2ccccc2)=NN(c2ccccc2)C1(C)C(=O)NI. The number of halogens is 1. The Morgan fingerprint density at radius 1 is 1.15 bits per heavy atom. The number of amides is 1. The van der Waals surface area contributed by atoms with Crippen LogP contribution >= 0.6 is 22.9 Å². The zero-order valence-corrected chi connectivity index (χ0v) is 17.3. The number of hydrogen-bond acceptors (Lipinski definition) is 3. The third-order valence-electron chi connectivity index (χ3n) is 5.12. The van der Waals surface area contributed by atoms with Gasteiger partial charge in [-0.3, -0.25) is 8.32 Å². The molecule has 0 fully saturated rings. The maximum absolute atomic E-state index is 13.0. The van der Waals surface area contributed by atoms with Gasteiger partial charge in [0.05, 0.1) is 34.3 Å². The maximum atomic E-state index is 13.0. The van der Waals surface area contributed by atoms with E-state index in [1.165, 1.54) is 0 Å². The Morgan fingerprint density at radius 3 is 2.35 bits per heavy atom. The zero-order chi connectivity index (χ0) is 18.6. The molecular weight excluding hydrogens is 437 g/mol. The van der Waals surface area contributed by atoms with Crippen molar-refractivity contribution in [2.45, 2.75) is 38.6 Å². The molecule has 0 radical (unpaired) electrons. The molecule has 2 unspecified atom stereocenters. The van der Waals surface area contributed by atoms with Crippen LogP contribution in [0.1, 0.15) is 38.7 Å². The third-order valence-corrected chi connectivity index (χ3v) is 5.61. The minimum absolute atomic E-state index is 0.0160. The first-order valence-electron chi connectivity index (χ1n) is 9.03. The molecule has 2 atom stereocenters. The predicted molar refractivity (Wildman–Crippen MR) is 115 cm³/mol. The van der Waals surface area contributed by atoms with Gasteiger partial charge in [0.2, 0.25) is 0 Å². The number of carbonyl (C=O) groups excluding carboxylic acids is 1. The minimum atomic E-state index is -0.761. The first-order valence-corrected chi connectivity index (χ1v) is 10.1. The molecule has 3 rings (SSSR count). The number of hydrazone groups is 1. The molecule has 0 aliphatic carbocycles. The molecule has 0 saturated heterocycles. The molecule has 0 aromatic heterocycles. The van der Waals surface area contributed by atoms with Gasteiger partial charge in [0.1, 0.15) is 5.54 Å². The van der Waals surface area contributed by atoms with Crippen LogP contribution in [0.2, 0.25) is 0 Å². The fraction of sp³-hybridized carbons (Fsp3) is 0.333. The van der Waals surface area contributed by atoms with Crippen molar-refractivity contribution in [3.05, 3.63) is 66.2 Å². The second kappa shape index (κ2) is 8.20. The van der Waals surface area contributed by atoms with Gasteiger partial charge in [-0.05, 0) is 31.0 Å². The number of hydrogen-bond donors (Lipinski definition) is 1. The average molecular weight is 461 g/mol. The van der Waals surface area contributed by atoms with Crippen molar-refractivity contribution < 1.29 is 4.79 Å². The largest absolute Gasteiger partial charge is 0.297 e. The molecule has 5 heteroatoms. The van der Waals surface area contributed by atoms with Gasteiger partial charge in [0.15, 0.2) is 0 Å². The lowest BCUT2D eigenvalue weighted by atomic mass is 9.77. The lowest BCUT2D eigenvalue weighted by Crippen LogP contribution is -2.56. The van der Waals surface area contributed by atoms with Crippen LogP contribution in [0.4, 0.5) is 5.69 Å². The van der Waals surface area contributed by atoms with Crippen molar-refractivity contribution in [3.8, 4) is 0 Å². The molecule has 136 valence electrons. The van der Waals surface area contributed by atoms with Crippen LogP contribution in [0.3, 0.4) is 0 Å². The predicted octanol–water partition coefficient (Wildman–Crippen LogP) is 4.94. The highest BCUT2D eigenvalue weighted by Gasteiger charge is 2.53. The number of rotatable bonds is 6. The van der Waals surface area contributed by atoms with Crippen molar-refractivity contribution in [2.24, 2.45) is 11.0 Å². The Balaban J connectivity index is 2.14. The smallest absolute Gasteiger partial charge is 0.257 e. The summed E-state index contributed by atoms with van der Waals surface area (Å²) in [5, 5.41) is 6.88. The summed E-state index contributed by atoms with van der Waals surface area (Å²) in [6.07, 6.45) is 3.07. The lowest BCUT2D eigenvalue weighted by Gasteiger charge is -2.37. The second-order valence-corrected chi connectivity index (χ2v) is 7.30. The van der Waals surface area contributed by atoms with Crippen LogP contribution in [0.15, 0.2) is 65.8 Å². The van der Waals surface area contributed by atoms with E-state index in [-0.39, 0.29) is 11.8 Å². The van der Waals surface area contributed by atoms with Crippen LogP contribution < -0.4 is 8.54 Å². The summed E-state index contributed by atoms with van der Waals surface area (Å²) in [7, 11) is 0. The van der Waals surface area contributed by atoms with Crippen molar-refractivity contribution in [1.29, 1.82) is 0 Å². The Hall–Kier alpha value is -1.89. The second-order valence-electron chi connectivity index (χ2n) is 6.76. The number of benzene rings is 2. The summed E-state index contributed by atoms with van der Waals surface area (Å²) in [6, 6.07) is 20.2. The van der Waals surface area contributed by atoms with E-state index in [0.29, 0.717) is 0 Å². The highest BCUT2D eigenvalue weighted by atomic mass is 127. The third kappa shape index (κ3) is 3.37. The van der Waals surface area contributed by atoms with E-state index in [1.807, 2.05) is 83.3 Å². The van der Waals surface area contributed by atoms with Crippen molar-refractivity contribution >= 4 is 40.2 Å². The molecule has 1 aliphatic rings. The van der Waals surface area contributed by atoms with Crippen LogP contribution in [0.5, 0.6) is 0 Å². The lowest BCUT2D eigenvalue weighted by molar-refractivity contribution is -0.124. The van der Waals surface area contributed by atoms with E-state index in [0.717, 1.165) is 36.2 Å². The first kappa shape index (κ1) is 18.9. The standard InChI is InChI=1S/C21H24IN3O/c1-3-4-15-18-19(16-11-7-5-8-12-16)24-25(17-13-9-6-10-14-17)21(18,2)20(26)23-22/h5-14,18H,3-4,15H2,1-2H3,(H,23,26). The zero-order valence-electron chi connectivity index (χ0n) is 15.2. The monoisotopic (exact) mass is 461 g/mol. The van der Waals surface area contributed by atoms with Gasteiger partial charge in [0.25, 0.3) is 5.91 Å². The fourth-order valence-corrected chi connectivity index (χ4v) is 4.18. The number of carbonyl (C=O) groups is 1. The Morgan fingerprint density at radius 2 is 1.77 bits per heavy atom. The Bertz CT molecular complexity index is 778. The Kier molecular flexibility index (Phi) is 5.96. The maximum Gasteiger partial charge on any atom is 0.257 e. The quantitative estimate of drug-likeness (QED) is 0.489. The molecule has 0 bridgehead atoms. The van der Waals surface area contributed by atoms with Gasteiger partial charge in [-0.25, -0.2) is 5.01 Å². The highest BCUT2D eigenvalue weighted by Crippen LogP contribution is 2.41. The molecule has 1 aliphatic heterocycles. The summed E-state index contributed by atoms with van der Waals surface area (Å²) in [5.74, 6) is 0.0116. The summed E-state index contributed by atoms with van der Waals surface area (Å²) < 4.78 is 2.84. The molecule has 0 spiro atoms. The minimum Gasteiger partial charge on any atom is -0.297 e. The fourth-order valence-electron chi connectivity index (χ4n) is 3.63. The first-order chi connectivity index (χ1) is 12.6. The van der Waals surface area contributed by atoms with Crippen molar-refractivity contribution in [1.82, 2.24) is 3.53 Å².